The minimum atomic E-state index is -0.254. The van der Waals surface area contributed by atoms with Gasteiger partial charge in [0, 0.05) is 32.0 Å². The second-order valence-electron chi connectivity index (χ2n) is 8.44. The number of carbonyl (C=O) groups excluding carboxylic acids is 3. The summed E-state index contributed by atoms with van der Waals surface area (Å²) in [7, 11) is 0. The summed E-state index contributed by atoms with van der Waals surface area (Å²) in [4.78, 5) is 41.4. The van der Waals surface area contributed by atoms with Crippen molar-refractivity contribution in [2.24, 2.45) is 0 Å². The van der Waals surface area contributed by atoms with Gasteiger partial charge in [-0.2, -0.15) is 0 Å². The average molecular weight is 471 g/mol. The van der Waals surface area contributed by atoms with Crippen LogP contribution >= 0.6 is 11.8 Å². The summed E-state index contributed by atoms with van der Waals surface area (Å²) < 4.78 is 1.97. The maximum atomic E-state index is 13.3. The molecule has 2 aromatic rings. The summed E-state index contributed by atoms with van der Waals surface area (Å²) in [6.07, 6.45) is 3.85. The van der Waals surface area contributed by atoms with Crippen LogP contribution in [0.1, 0.15) is 51.8 Å². The highest BCUT2D eigenvalue weighted by Gasteiger charge is 2.30. The number of carbonyl (C=O) groups is 3. The summed E-state index contributed by atoms with van der Waals surface area (Å²) in [6.45, 7) is 5.73. The van der Waals surface area contributed by atoms with Gasteiger partial charge < -0.3 is 19.7 Å². The molecule has 0 aliphatic carbocycles. The van der Waals surface area contributed by atoms with Crippen molar-refractivity contribution in [3.63, 3.8) is 0 Å². The Kier molecular flexibility index (Phi) is 7.32. The molecule has 1 atom stereocenters. The van der Waals surface area contributed by atoms with Crippen molar-refractivity contribution in [3.05, 3.63) is 30.1 Å². The van der Waals surface area contributed by atoms with E-state index in [9.17, 15) is 14.4 Å². The van der Waals surface area contributed by atoms with Crippen LogP contribution in [0.3, 0.4) is 0 Å². The molecule has 1 N–H and O–H groups in total. The lowest BCUT2D eigenvalue weighted by Gasteiger charge is -2.27. The number of nitrogens with zero attached hydrogens (tertiary/aromatic N) is 5. The monoisotopic (exact) mass is 470 g/mol. The number of fused-ring (bicyclic) bond motifs is 1. The summed E-state index contributed by atoms with van der Waals surface area (Å²) >= 11 is 1.33. The summed E-state index contributed by atoms with van der Waals surface area (Å²) in [5.41, 5.74) is 1.35. The fraction of sp³-hybridized carbons (Fsp3) is 0.522. The first-order valence-corrected chi connectivity index (χ1v) is 12.5. The molecule has 2 aliphatic rings. The maximum Gasteiger partial charge on any atom is 0.237 e. The SMILES string of the molecule is CCn1c(CN2CCCCCC2=O)nnc1SCC(=O)N1c2ccccc2NC(=O)C[C@@H]1C. The van der Waals surface area contributed by atoms with Crippen LogP contribution in [0.2, 0.25) is 0 Å². The van der Waals surface area contributed by atoms with Crippen LogP contribution in [0.5, 0.6) is 0 Å². The summed E-state index contributed by atoms with van der Waals surface area (Å²) in [5.74, 6) is 0.890. The molecular formula is C23H30N6O3S. The highest BCUT2D eigenvalue weighted by Crippen LogP contribution is 2.32. The molecule has 1 aromatic heterocycles. The molecule has 0 bridgehead atoms. The Bertz CT molecular complexity index is 1040. The normalized spacial score (nSPS) is 19.0. The Labute approximate surface area is 197 Å². The zero-order valence-corrected chi connectivity index (χ0v) is 19.9. The van der Waals surface area contributed by atoms with Crippen molar-refractivity contribution >= 4 is 40.9 Å². The van der Waals surface area contributed by atoms with Crippen LogP contribution in [-0.4, -0.2) is 55.7 Å². The number of benzene rings is 1. The smallest absolute Gasteiger partial charge is 0.237 e. The van der Waals surface area contributed by atoms with Gasteiger partial charge in [0.1, 0.15) is 0 Å². The predicted molar refractivity (Wildman–Crippen MR) is 127 cm³/mol. The van der Waals surface area contributed by atoms with Crippen LogP contribution in [0, 0.1) is 0 Å². The van der Waals surface area contributed by atoms with Gasteiger partial charge in [-0.25, -0.2) is 0 Å². The number of hydrogen-bond donors (Lipinski definition) is 1. The molecule has 1 saturated heterocycles. The van der Waals surface area contributed by atoms with E-state index in [4.69, 9.17) is 0 Å². The number of para-hydroxylation sites is 2. The van der Waals surface area contributed by atoms with Gasteiger partial charge in [-0.1, -0.05) is 30.3 Å². The molecule has 9 nitrogen and oxygen atoms in total. The lowest BCUT2D eigenvalue weighted by atomic mass is 10.2. The third-order valence-electron chi connectivity index (χ3n) is 6.07. The Morgan fingerprint density at radius 2 is 2.00 bits per heavy atom. The lowest BCUT2D eigenvalue weighted by Crippen LogP contribution is -2.40. The van der Waals surface area contributed by atoms with E-state index in [0.717, 1.165) is 31.6 Å². The first kappa shape index (κ1) is 23.3. The zero-order chi connectivity index (χ0) is 23.4. The van der Waals surface area contributed by atoms with Crippen molar-refractivity contribution in [1.29, 1.82) is 0 Å². The molecule has 3 heterocycles. The van der Waals surface area contributed by atoms with E-state index in [1.165, 1.54) is 11.8 Å². The minimum Gasteiger partial charge on any atom is -0.335 e. The molecule has 4 rings (SSSR count). The molecule has 2 aliphatic heterocycles. The number of hydrogen-bond acceptors (Lipinski definition) is 6. The topological polar surface area (TPSA) is 100 Å². The number of rotatable bonds is 6. The molecule has 3 amide bonds. The van der Waals surface area contributed by atoms with Gasteiger partial charge in [-0.05, 0) is 38.8 Å². The Morgan fingerprint density at radius 3 is 2.82 bits per heavy atom. The van der Waals surface area contributed by atoms with E-state index in [0.29, 0.717) is 36.0 Å². The molecule has 0 saturated carbocycles. The molecule has 176 valence electrons. The molecule has 0 spiro atoms. The molecule has 10 heteroatoms. The van der Waals surface area contributed by atoms with Crippen molar-refractivity contribution in [2.45, 2.75) is 70.2 Å². The van der Waals surface area contributed by atoms with E-state index in [1.807, 2.05) is 47.6 Å². The third kappa shape index (κ3) is 5.21. The molecule has 0 radical (unpaired) electrons. The van der Waals surface area contributed by atoms with Crippen LogP contribution in [-0.2, 0) is 27.5 Å². The Balaban J connectivity index is 1.47. The highest BCUT2D eigenvalue weighted by molar-refractivity contribution is 7.99. The molecule has 1 fully saturated rings. The van der Waals surface area contributed by atoms with Crippen molar-refractivity contribution < 1.29 is 14.4 Å². The number of amides is 3. The Morgan fingerprint density at radius 1 is 1.18 bits per heavy atom. The Hall–Kier alpha value is -2.88. The van der Waals surface area contributed by atoms with E-state index in [-0.39, 0.29) is 35.9 Å². The second-order valence-corrected chi connectivity index (χ2v) is 9.38. The highest BCUT2D eigenvalue weighted by atomic mass is 32.2. The second kappa shape index (κ2) is 10.4. The number of aromatic nitrogens is 3. The number of likely N-dealkylation sites (tertiary alicyclic amines) is 1. The average Bonchev–Trinajstić information content (AvgIpc) is 2.98. The van der Waals surface area contributed by atoms with Gasteiger partial charge in [-0.3, -0.25) is 14.4 Å². The first-order chi connectivity index (χ1) is 16.0. The lowest BCUT2D eigenvalue weighted by molar-refractivity contribution is -0.131. The van der Waals surface area contributed by atoms with E-state index in [2.05, 4.69) is 15.5 Å². The van der Waals surface area contributed by atoms with Crippen LogP contribution < -0.4 is 10.2 Å². The van der Waals surface area contributed by atoms with Crippen molar-refractivity contribution in [2.75, 3.05) is 22.5 Å². The molecule has 0 unspecified atom stereocenters. The summed E-state index contributed by atoms with van der Waals surface area (Å²) in [6, 6.07) is 7.11. The van der Waals surface area contributed by atoms with Crippen LogP contribution in [0.4, 0.5) is 11.4 Å². The van der Waals surface area contributed by atoms with Crippen molar-refractivity contribution in [1.82, 2.24) is 19.7 Å². The first-order valence-electron chi connectivity index (χ1n) is 11.5. The summed E-state index contributed by atoms with van der Waals surface area (Å²) in [5, 5.41) is 12.2. The van der Waals surface area contributed by atoms with Gasteiger partial charge in [0.2, 0.25) is 17.7 Å². The fourth-order valence-electron chi connectivity index (χ4n) is 4.40. The largest absolute Gasteiger partial charge is 0.335 e. The van der Waals surface area contributed by atoms with Crippen LogP contribution in [0.25, 0.3) is 0 Å². The minimum absolute atomic E-state index is 0.0913. The zero-order valence-electron chi connectivity index (χ0n) is 19.1. The number of nitrogens with one attached hydrogen (secondary N) is 1. The van der Waals surface area contributed by atoms with Crippen molar-refractivity contribution in [3.8, 4) is 0 Å². The molecule has 1 aromatic carbocycles. The van der Waals surface area contributed by atoms with Gasteiger partial charge in [0.25, 0.3) is 0 Å². The standard InChI is InChI=1S/C23H30N6O3S/c1-3-28-19(14-27-12-8-4-5-11-21(27)31)25-26-23(28)33-15-22(32)29-16(2)13-20(30)24-17-9-6-7-10-18(17)29/h6-7,9-10,16H,3-5,8,11-15H2,1-2H3,(H,24,30)/t16-/m0/s1. The maximum absolute atomic E-state index is 13.3. The number of thioether (sulfide) groups is 1. The fourth-order valence-corrected chi connectivity index (χ4v) is 5.28. The quantitative estimate of drug-likeness (QED) is 0.652. The van der Waals surface area contributed by atoms with E-state index < -0.39 is 0 Å². The van der Waals surface area contributed by atoms with E-state index in [1.54, 1.807) is 4.90 Å². The molecular weight excluding hydrogens is 440 g/mol. The van der Waals surface area contributed by atoms with Gasteiger partial charge in [0.15, 0.2) is 11.0 Å². The third-order valence-corrected chi connectivity index (χ3v) is 7.02. The van der Waals surface area contributed by atoms with Gasteiger partial charge in [0.05, 0.1) is 23.7 Å². The molecule has 33 heavy (non-hydrogen) atoms. The van der Waals surface area contributed by atoms with Crippen LogP contribution in [0.15, 0.2) is 29.4 Å². The van der Waals surface area contributed by atoms with Gasteiger partial charge >= 0.3 is 0 Å². The van der Waals surface area contributed by atoms with E-state index >= 15 is 0 Å². The number of anilines is 2. The predicted octanol–water partition coefficient (Wildman–Crippen LogP) is 3.06. The van der Waals surface area contributed by atoms with Gasteiger partial charge in [-0.15, -0.1) is 10.2 Å².